The number of nitrogens with zero attached hydrogens (tertiary/aromatic N) is 3. The first-order chi connectivity index (χ1) is 16.2. The van der Waals surface area contributed by atoms with Crippen LogP contribution in [-0.2, 0) is 5.75 Å². The number of nitriles is 1. The molecule has 0 radical (unpaired) electrons. The molecule has 160 valence electrons. The number of imidazole rings is 1. The van der Waals surface area contributed by atoms with Crippen LogP contribution >= 0.6 is 23.1 Å². The smallest absolute Gasteiger partial charge is 0.256 e. The van der Waals surface area contributed by atoms with Crippen molar-refractivity contribution in [2.24, 2.45) is 0 Å². The van der Waals surface area contributed by atoms with Gasteiger partial charge in [0.05, 0.1) is 22.9 Å². The predicted molar refractivity (Wildman–Crippen MR) is 134 cm³/mol. The van der Waals surface area contributed by atoms with Gasteiger partial charge < -0.3 is 5.32 Å². The maximum absolute atomic E-state index is 13.0. The Balaban J connectivity index is 1.27. The van der Waals surface area contributed by atoms with Crippen LogP contribution in [0.3, 0.4) is 0 Å². The fraction of sp³-hybridized carbons (Fsp3) is 0.0385. The lowest BCUT2D eigenvalue weighted by molar-refractivity contribution is 0.102. The molecule has 1 N–H and O–H groups in total. The van der Waals surface area contributed by atoms with E-state index in [2.05, 4.69) is 16.4 Å². The fourth-order valence-electron chi connectivity index (χ4n) is 3.41. The monoisotopic (exact) mass is 466 g/mol. The Morgan fingerprint density at radius 3 is 2.61 bits per heavy atom. The van der Waals surface area contributed by atoms with E-state index >= 15 is 0 Å². The summed E-state index contributed by atoms with van der Waals surface area (Å²) >= 11 is 3.20. The normalized spacial score (nSPS) is 10.8. The molecular formula is C26H18N4OS2. The summed E-state index contributed by atoms with van der Waals surface area (Å²) in [5.74, 6) is 0.570. The summed E-state index contributed by atoms with van der Waals surface area (Å²) in [6, 6.07) is 25.0. The van der Waals surface area contributed by atoms with Crippen LogP contribution in [0, 0.1) is 11.3 Å². The Bertz CT molecular complexity index is 1430. The summed E-state index contributed by atoms with van der Waals surface area (Å²) in [5.41, 5.74) is 5.02. The van der Waals surface area contributed by atoms with E-state index < -0.39 is 0 Å². The highest BCUT2D eigenvalue weighted by Crippen LogP contribution is 2.28. The van der Waals surface area contributed by atoms with Gasteiger partial charge in [-0.3, -0.25) is 9.20 Å². The Labute approximate surface area is 199 Å². The molecule has 2 aromatic heterocycles. The first-order valence-corrected chi connectivity index (χ1v) is 12.1. The molecule has 0 spiro atoms. The number of benzene rings is 3. The zero-order valence-corrected chi connectivity index (χ0v) is 19.1. The second-order valence-electron chi connectivity index (χ2n) is 7.34. The predicted octanol–water partition coefficient (Wildman–Crippen LogP) is 6.48. The van der Waals surface area contributed by atoms with Gasteiger partial charge >= 0.3 is 0 Å². The van der Waals surface area contributed by atoms with Crippen molar-refractivity contribution in [1.29, 1.82) is 5.26 Å². The van der Waals surface area contributed by atoms with Gasteiger partial charge in [0.2, 0.25) is 0 Å². The van der Waals surface area contributed by atoms with Crippen molar-refractivity contribution >= 4 is 39.7 Å². The van der Waals surface area contributed by atoms with E-state index in [0.717, 1.165) is 32.4 Å². The standard InChI is InChI=1S/C26H18N4OS2/c27-15-18-5-7-19(8-6-18)17-33-24-4-2-1-3-22(24)25(31)28-21-11-9-20(10-12-21)23-16-30-13-14-32-26(30)29-23/h1-14,16H,17H2,(H,28,31). The molecule has 3 aromatic carbocycles. The van der Waals surface area contributed by atoms with Crippen molar-refractivity contribution in [3.05, 3.63) is 107 Å². The summed E-state index contributed by atoms with van der Waals surface area (Å²) in [7, 11) is 0. The molecule has 0 fully saturated rings. The van der Waals surface area contributed by atoms with Crippen molar-refractivity contribution in [1.82, 2.24) is 9.38 Å². The molecule has 0 aliphatic heterocycles. The Morgan fingerprint density at radius 1 is 1.06 bits per heavy atom. The molecule has 33 heavy (non-hydrogen) atoms. The fourth-order valence-corrected chi connectivity index (χ4v) is 5.11. The summed E-state index contributed by atoms with van der Waals surface area (Å²) in [4.78, 5) is 19.5. The number of thiazole rings is 1. The van der Waals surface area contributed by atoms with Crippen molar-refractivity contribution in [3.63, 3.8) is 0 Å². The maximum Gasteiger partial charge on any atom is 0.256 e. The highest BCUT2D eigenvalue weighted by Gasteiger charge is 2.12. The van der Waals surface area contributed by atoms with Crippen LogP contribution in [0.4, 0.5) is 5.69 Å². The highest BCUT2D eigenvalue weighted by molar-refractivity contribution is 7.98. The molecule has 0 unspecified atom stereocenters. The van der Waals surface area contributed by atoms with Gasteiger partial charge in [0.1, 0.15) is 0 Å². The molecule has 0 atom stereocenters. The Hall–Kier alpha value is -3.86. The number of nitrogens with one attached hydrogen (secondary N) is 1. The van der Waals surface area contributed by atoms with Gasteiger partial charge in [0.15, 0.2) is 4.96 Å². The quantitative estimate of drug-likeness (QED) is 0.291. The zero-order chi connectivity index (χ0) is 22.6. The summed E-state index contributed by atoms with van der Waals surface area (Å²) in [6.07, 6.45) is 3.99. The van der Waals surface area contributed by atoms with Crippen LogP contribution in [0.1, 0.15) is 21.5 Å². The first-order valence-electron chi connectivity index (χ1n) is 10.2. The average molecular weight is 467 g/mol. The second-order valence-corrected chi connectivity index (χ2v) is 9.23. The van der Waals surface area contributed by atoms with Crippen LogP contribution in [0.2, 0.25) is 0 Å². The highest BCUT2D eigenvalue weighted by atomic mass is 32.2. The summed E-state index contributed by atoms with van der Waals surface area (Å²) < 4.78 is 2.00. The maximum atomic E-state index is 13.0. The summed E-state index contributed by atoms with van der Waals surface area (Å²) in [6.45, 7) is 0. The number of rotatable bonds is 6. The minimum absolute atomic E-state index is 0.145. The van der Waals surface area contributed by atoms with E-state index in [1.807, 2.05) is 95.0 Å². The third kappa shape index (κ3) is 4.67. The second kappa shape index (κ2) is 9.33. The molecular weight excluding hydrogens is 448 g/mol. The molecule has 0 aliphatic rings. The third-order valence-corrected chi connectivity index (χ3v) is 7.06. The number of carbonyl (C=O) groups excluding carboxylic acids is 1. The van der Waals surface area contributed by atoms with E-state index in [1.54, 1.807) is 23.1 Å². The largest absolute Gasteiger partial charge is 0.322 e. The van der Waals surface area contributed by atoms with Crippen LogP contribution in [-0.4, -0.2) is 15.3 Å². The third-order valence-electron chi connectivity index (χ3n) is 5.14. The van der Waals surface area contributed by atoms with E-state index in [-0.39, 0.29) is 5.91 Å². The van der Waals surface area contributed by atoms with Gasteiger partial charge in [-0.1, -0.05) is 36.4 Å². The lowest BCUT2D eigenvalue weighted by atomic mass is 10.1. The molecule has 0 bridgehead atoms. The number of hydrogen-bond acceptors (Lipinski definition) is 5. The molecule has 0 aliphatic carbocycles. The SMILES string of the molecule is N#Cc1ccc(CSc2ccccc2C(=O)Nc2ccc(-c3cn4ccsc4n3)cc2)cc1. The lowest BCUT2D eigenvalue weighted by Crippen LogP contribution is -2.12. The zero-order valence-electron chi connectivity index (χ0n) is 17.4. The molecule has 5 rings (SSSR count). The van der Waals surface area contributed by atoms with Crippen molar-refractivity contribution in [3.8, 4) is 17.3 Å². The van der Waals surface area contributed by atoms with Crippen LogP contribution in [0.25, 0.3) is 16.2 Å². The first kappa shape index (κ1) is 21.0. The van der Waals surface area contributed by atoms with Gasteiger partial charge in [-0.15, -0.1) is 23.1 Å². The van der Waals surface area contributed by atoms with E-state index in [9.17, 15) is 4.79 Å². The van der Waals surface area contributed by atoms with Crippen molar-refractivity contribution in [2.75, 3.05) is 5.32 Å². The number of thioether (sulfide) groups is 1. The minimum Gasteiger partial charge on any atom is -0.322 e. The Morgan fingerprint density at radius 2 is 1.85 bits per heavy atom. The molecule has 5 nitrogen and oxygen atoms in total. The number of aromatic nitrogens is 2. The van der Waals surface area contributed by atoms with Gasteiger partial charge in [-0.2, -0.15) is 5.26 Å². The lowest BCUT2D eigenvalue weighted by Gasteiger charge is -2.10. The van der Waals surface area contributed by atoms with Gasteiger partial charge in [0.25, 0.3) is 5.91 Å². The number of amides is 1. The molecule has 0 saturated carbocycles. The topological polar surface area (TPSA) is 70.2 Å². The number of carbonyl (C=O) groups is 1. The number of fused-ring (bicyclic) bond motifs is 1. The van der Waals surface area contributed by atoms with Gasteiger partial charge in [-0.05, 0) is 42.0 Å². The molecule has 0 saturated heterocycles. The molecule has 7 heteroatoms. The van der Waals surface area contributed by atoms with Crippen LogP contribution in [0.5, 0.6) is 0 Å². The number of anilines is 1. The van der Waals surface area contributed by atoms with Gasteiger partial charge in [-0.25, -0.2) is 4.98 Å². The van der Waals surface area contributed by atoms with Crippen molar-refractivity contribution < 1.29 is 4.79 Å². The molecule has 5 aromatic rings. The van der Waals surface area contributed by atoms with Crippen LogP contribution < -0.4 is 5.32 Å². The summed E-state index contributed by atoms with van der Waals surface area (Å²) in [5, 5.41) is 14.0. The van der Waals surface area contributed by atoms with Crippen molar-refractivity contribution in [2.45, 2.75) is 10.6 Å². The van der Waals surface area contributed by atoms with Gasteiger partial charge in [0, 0.05) is 39.7 Å². The average Bonchev–Trinajstić information content (AvgIpc) is 3.46. The van der Waals surface area contributed by atoms with Crippen LogP contribution in [0.15, 0.2) is 95.5 Å². The molecule has 2 heterocycles. The molecule has 1 amide bonds. The van der Waals surface area contributed by atoms with E-state index in [4.69, 9.17) is 5.26 Å². The number of hydrogen-bond donors (Lipinski definition) is 1. The van der Waals surface area contributed by atoms with E-state index in [1.165, 1.54) is 0 Å². The Kier molecular flexibility index (Phi) is 5.94. The van der Waals surface area contributed by atoms with E-state index in [0.29, 0.717) is 16.9 Å². The minimum atomic E-state index is -0.145.